The standard InChI is InChI=1S/C19H19N2/c20-12-14-21-13-4-3-7-19(21)11-9-16-8-10-17-5-1-2-6-18(17)15-16/h1-11,13,15H,12,14,20H2/q+1/b11-9+. The lowest BCUT2D eigenvalue weighted by Gasteiger charge is -2.00. The number of benzene rings is 2. The minimum atomic E-state index is 0.644. The molecule has 104 valence electrons. The molecule has 0 aliphatic rings. The van der Waals surface area contributed by atoms with Crippen molar-refractivity contribution < 1.29 is 4.57 Å². The van der Waals surface area contributed by atoms with Crippen LogP contribution in [0.15, 0.2) is 66.9 Å². The van der Waals surface area contributed by atoms with Crippen LogP contribution in [0, 0.1) is 0 Å². The molecule has 0 aliphatic heterocycles. The van der Waals surface area contributed by atoms with Crippen LogP contribution in [0.25, 0.3) is 22.9 Å². The Kier molecular flexibility index (Phi) is 4.08. The van der Waals surface area contributed by atoms with E-state index in [0.717, 1.165) is 12.2 Å². The van der Waals surface area contributed by atoms with Gasteiger partial charge in [-0.3, -0.25) is 0 Å². The third kappa shape index (κ3) is 3.18. The first-order chi connectivity index (χ1) is 10.4. The van der Waals surface area contributed by atoms with Gasteiger partial charge in [0.2, 0.25) is 5.69 Å². The molecule has 0 spiro atoms. The average Bonchev–Trinajstić information content (AvgIpc) is 2.54. The number of aromatic nitrogens is 1. The van der Waals surface area contributed by atoms with E-state index >= 15 is 0 Å². The van der Waals surface area contributed by atoms with Gasteiger partial charge in [0.25, 0.3) is 0 Å². The first-order valence-corrected chi connectivity index (χ1v) is 7.22. The Bertz CT molecular complexity index is 775. The summed E-state index contributed by atoms with van der Waals surface area (Å²) in [5.74, 6) is 0. The van der Waals surface area contributed by atoms with Crippen LogP contribution < -0.4 is 10.3 Å². The number of nitrogens with two attached hydrogens (primary N) is 1. The second kappa shape index (κ2) is 6.33. The molecule has 3 aromatic rings. The zero-order valence-corrected chi connectivity index (χ0v) is 11.9. The lowest BCUT2D eigenvalue weighted by Crippen LogP contribution is -2.39. The van der Waals surface area contributed by atoms with Crippen molar-refractivity contribution in [1.82, 2.24) is 0 Å². The van der Waals surface area contributed by atoms with Crippen molar-refractivity contribution in [3.63, 3.8) is 0 Å². The Morgan fingerprint density at radius 3 is 2.52 bits per heavy atom. The van der Waals surface area contributed by atoms with Crippen LogP contribution in [0.4, 0.5) is 0 Å². The monoisotopic (exact) mass is 275 g/mol. The van der Waals surface area contributed by atoms with Crippen molar-refractivity contribution >= 4 is 22.9 Å². The maximum absolute atomic E-state index is 5.65. The molecule has 0 aliphatic carbocycles. The summed E-state index contributed by atoms with van der Waals surface area (Å²) in [5, 5.41) is 2.54. The summed E-state index contributed by atoms with van der Waals surface area (Å²) in [7, 11) is 0. The minimum Gasteiger partial charge on any atom is -0.325 e. The van der Waals surface area contributed by atoms with E-state index in [0.29, 0.717) is 6.54 Å². The maximum Gasteiger partial charge on any atom is 0.205 e. The highest BCUT2D eigenvalue weighted by molar-refractivity contribution is 5.85. The highest BCUT2D eigenvalue weighted by atomic mass is 15.0. The van der Waals surface area contributed by atoms with Crippen molar-refractivity contribution in [3.05, 3.63) is 78.1 Å². The van der Waals surface area contributed by atoms with Crippen molar-refractivity contribution in [3.8, 4) is 0 Å². The van der Waals surface area contributed by atoms with Gasteiger partial charge in [-0.1, -0.05) is 36.4 Å². The molecule has 0 amide bonds. The van der Waals surface area contributed by atoms with Gasteiger partial charge in [-0.05, 0) is 34.5 Å². The first-order valence-electron chi connectivity index (χ1n) is 7.22. The maximum atomic E-state index is 5.65. The Labute approximate surface area is 125 Å². The van der Waals surface area contributed by atoms with E-state index in [2.05, 4.69) is 71.4 Å². The predicted octanol–water partition coefficient (Wildman–Crippen LogP) is 3.26. The molecule has 0 fully saturated rings. The quantitative estimate of drug-likeness (QED) is 0.728. The van der Waals surface area contributed by atoms with Crippen molar-refractivity contribution in [2.75, 3.05) is 6.54 Å². The topological polar surface area (TPSA) is 29.9 Å². The third-order valence-electron chi connectivity index (χ3n) is 3.57. The molecule has 0 saturated heterocycles. The highest BCUT2D eigenvalue weighted by Crippen LogP contribution is 2.17. The highest BCUT2D eigenvalue weighted by Gasteiger charge is 2.04. The van der Waals surface area contributed by atoms with E-state index in [1.165, 1.54) is 16.3 Å². The van der Waals surface area contributed by atoms with Gasteiger partial charge in [-0.25, -0.2) is 0 Å². The van der Waals surface area contributed by atoms with Gasteiger partial charge in [0.1, 0.15) is 0 Å². The van der Waals surface area contributed by atoms with E-state index in [4.69, 9.17) is 5.73 Å². The largest absolute Gasteiger partial charge is 0.325 e. The first kappa shape index (κ1) is 13.5. The second-order valence-electron chi connectivity index (χ2n) is 5.05. The molecule has 0 atom stereocenters. The molecule has 0 unspecified atom stereocenters. The fourth-order valence-corrected chi connectivity index (χ4v) is 2.48. The van der Waals surface area contributed by atoms with Gasteiger partial charge in [0.15, 0.2) is 12.7 Å². The number of fused-ring (bicyclic) bond motifs is 1. The molecule has 21 heavy (non-hydrogen) atoms. The average molecular weight is 275 g/mol. The summed E-state index contributed by atoms with van der Waals surface area (Å²) in [5.41, 5.74) is 8.02. The van der Waals surface area contributed by atoms with Crippen LogP contribution in [-0.2, 0) is 6.54 Å². The number of hydrogen-bond acceptors (Lipinski definition) is 1. The molecule has 2 heteroatoms. The molecule has 0 saturated carbocycles. The van der Waals surface area contributed by atoms with Crippen molar-refractivity contribution in [2.24, 2.45) is 5.73 Å². The molecule has 3 rings (SSSR count). The Balaban J connectivity index is 1.90. The Morgan fingerprint density at radius 1 is 0.857 bits per heavy atom. The van der Waals surface area contributed by atoms with Gasteiger partial charge in [-0.2, -0.15) is 4.57 Å². The van der Waals surface area contributed by atoms with E-state index in [1.54, 1.807) is 0 Å². The lowest BCUT2D eigenvalue weighted by atomic mass is 10.1. The molecule has 1 heterocycles. The fourth-order valence-electron chi connectivity index (χ4n) is 2.48. The molecule has 2 nitrogen and oxygen atoms in total. The van der Waals surface area contributed by atoms with Crippen LogP contribution in [0.2, 0.25) is 0 Å². The van der Waals surface area contributed by atoms with Crippen LogP contribution in [0.1, 0.15) is 11.3 Å². The van der Waals surface area contributed by atoms with Crippen molar-refractivity contribution in [2.45, 2.75) is 6.54 Å². The van der Waals surface area contributed by atoms with E-state index in [9.17, 15) is 0 Å². The fraction of sp³-hybridized carbons (Fsp3) is 0.105. The number of rotatable bonds is 4. The molecular weight excluding hydrogens is 256 g/mol. The summed E-state index contributed by atoms with van der Waals surface area (Å²) in [4.78, 5) is 0. The van der Waals surface area contributed by atoms with E-state index in [1.807, 2.05) is 12.1 Å². The summed E-state index contributed by atoms with van der Waals surface area (Å²) in [6.45, 7) is 1.48. The smallest absolute Gasteiger partial charge is 0.205 e. The van der Waals surface area contributed by atoms with E-state index in [-0.39, 0.29) is 0 Å². The van der Waals surface area contributed by atoms with Crippen molar-refractivity contribution in [1.29, 1.82) is 0 Å². The van der Waals surface area contributed by atoms with Gasteiger partial charge >= 0.3 is 0 Å². The van der Waals surface area contributed by atoms with Gasteiger partial charge in [0.05, 0.1) is 6.54 Å². The van der Waals surface area contributed by atoms with Gasteiger partial charge < -0.3 is 5.73 Å². The van der Waals surface area contributed by atoms with Crippen LogP contribution in [0.5, 0.6) is 0 Å². The normalized spacial score (nSPS) is 11.3. The van der Waals surface area contributed by atoms with Crippen LogP contribution in [-0.4, -0.2) is 6.54 Å². The summed E-state index contributed by atoms with van der Waals surface area (Å²) in [6.07, 6.45) is 6.35. The number of pyridine rings is 1. The van der Waals surface area contributed by atoms with Gasteiger partial charge in [-0.15, -0.1) is 0 Å². The molecule has 2 aromatic carbocycles. The summed E-state index contributed by atoms with van der Waals surface area (Å²) >= 11 is 0. The third-order valence-corrected chi connectivity index (χ3v) is 3.57. The SMILES string of the molecule is NCC[n+]1ccccc1/C=C/c1ccc2ccccc2c1. The zero-order chi connectivity index (χ0) is 14.5. The Morgan fingerprint density at radius 2 is 1.67 bits per heavy atom. The molecule has 0 radical (unpaired) electrons. The summed E-state index contributed by atoms with van der Waals surface area (Å²) < 4.78 is 2.16. The molecular formula is C19H19N2+. The van der Waals surface area contributed by atoms with Gasteiger partial charge in [0, 0.05) is 18.2 Å². The minimum absolute atomic E-state index is 0.644. The predicted molar refractivity (Wildman–Crippen MR) is 88.6 cm³/mol. The second-order valence-corrected chi connectivity index (χ2v) is 5.05. The van der Waals surface area contributed by atoms with E-state index < -0.39 is 0 Å². The lowest BCUT2D eigenvalue weighted by molar-refractivity contribution is -0.696. The number of hydrogen-bond donors (Lipinski definition) is 1. The molecule has 0 bridgehead atoms. The molecule has 1 aromatic heterocycles. The van der Waals surface area contributed by atoms with Crippen LogP contribution in [0.3, 0.4) is 0 Å². The number of nitrogens with zero attached hydrogens (tertiary/aromatic N) is 1. The van der Waals surface area contributed by atoms with Crippen LogP contribution >= 0.6 is 0 Å². The molecule has 2 N–H and O–H groups in total. The Hall–Kier alpha value is -2.45. The summed E-state index contributed by atoms with van der Waals surface area (Å²) in [6, 6.07) is 21.1. The zero-order valence-electron chi connectivity index (χ0n) is 11.9.